The van der Waals surface area contributed by atoms with Crippen LogP contribution in [0.1, 0.15) is 28.8 Å². The second-order valence-corrected chi connectivity index (χ2v) is 4.09. The Kier molecular flexibility index (Phi) is 3.34. The van der Waals surface area contributed by atoms with Gasteiger partial charge in [-0.2, -0.15) is 0 Å². The SMILES string of the molecule is C#Cc1cc(OC)cc(C(=O)N2CCCC2)c1. The molecule has 0 radical (unpaired) electrons. The topological polar surface area (TPSA) is 29.5 Å². The molecule has 0 N–H and O–H groups in total. The fourth-order valence-electron chi connectivity index (χ4n) is 2.03. The van der Waals surface area contributed by atoms with Crippen LogP contribution >= 0.6 is 0 Å². The summed E-state index contributed by atoms with van der Waals surface area (Å²) in [6, 6.07) is 5.23. The van der Waals surface area contributed by atoms with Gasteiger partial charge in [0.15, 0.2) is 0 Å². The van der Waals surface area contributed by atoms with E-state index in [1.807, 2.05) is 4.90 Å². The molecule has 0 spiro atoms. The van der Waals surface area contributed by atoms with Crippen LogP contribution in [0, 0.1) is 12.3 Å². The van der Waals surface area contributed by atoms with Crippen LogP contribution in [0.4, 0.5) is 0 Å². The second-order valence-electron chi connectivity index (χ2n) is 4.09. The standard InChI is InChI=1S/C14H15NO2/c1-3-11-8-12(10-13(9-11)17-2)14(16)15-6-4-5-7-15/h1,8-10H,4-7H2,2H3. The quantitative estimate of drug-likeness (QED) is 0.725. The fraction of sp³-hybridized carbons (Fsp3) is 0.357. The zero-order valence-electron chi connectivity index (χ0n) is 9.90. The van der Waals surface area contributed by atoms with Gasteiger partial charge in [0.2, 0.25) is 0 Å². The summed E-state index contributed by atoms with van der Waals surface area (Å²) >= 11 is 0. The maximum atomic E-state index is 12.2. The predicted octanol–water partition coefficient (Wildman–Crippen LogP) is 1.91. The smallest absolute Gasteiger partial charge is 0.254 e. The van der Waals surface area contributed by atoms with Gasteiger partial charge >= 0.3 is 0 Å². The number of benzene rings is 1. The lowest BCUT2D eigenvalue weighted by Crippen LogP contribution is -2.27. The van der Waals surface area contributed by atoms with Crippen molar-refractivity contribution >= 4 is 5.91 Å². The summed E-state index contributed by atoms with van der Waals surface area (Å²) in [6.45, 7) is 1.67. The zero-order valence-corrected chi connectivity index (χ0v) is 9.90. The van der Waals surface area contributed by atoms with Crippen LogP contribution < -0.4 is 4.74 Å². The van der Waals surface area contributed by atoms with Gasteiger partial charge in [-0.25, -0.2) is 0 Å². The Morgan fingerprint density at radius 1 is 1.35 bits per heavy atom. The highest BCUT2D eigenvalue weighted by Crippen LogP contribution is 2.19. The summed E-state index contributed by atoms with van der Waals surface area (Å²) in [5, 5.41) is 0. The number of amides is 1. The Morgan fingerprint density at radius 3 is 2.65 bits per heavy atom. The molecule has 1 amide bonds. The van der Waals surface area contributed by atoms with Crippen molar-refractivity contribution in [3.8, 4) is 18.1 Å². The molecule has 3 nitrogen and oxygen atoms in total. The number of carbonyl (C=O) groups is 1. The van der Waals surface area contributed by atoms with Crippen molar-refractivity contribution in [2.75, 3.05) is 20.2 Å². The van der Waals surface area contributed by atoms with Crippen LogP contribution in [0.15, 0.2) is 18.2 Å². The minimum Gasteiger partial charge on any atom is -0.497 e. The maximum absolute atomic E-state index is 12.2. The highest BCUT2D eigenvalue weighted by Gasteiger charge is 2.20. The van der Waals surface area contributed by atoms with E-state index in [9.17, 15) is 4.79 Å². The Morgan fingerprint density at radius 2 is 2.06 bits per heavy atom. The number of carbonyl (C=O) groups excluding carboxylic acids is 1. The number of hydrogen-bond acceptors (Lipinski definition) is 2. The van der Waals surface area contributed by atoms with E-state index in [-0.39, 0.29) is 5.91 Å². The van der Waals surface area contributed by atoms with Gasteiger partial charge < -0.3 is 9.64 Å². The molecular weight excluding hydrogens is 214 g/mol. The largest absolute Gasteiger partial charge is 0.497 e. The Balaban J connectivity index is 2.30. The summed E-state index contributed by atoms with van der Waals surface area (Å²) < 4.78 is 5.14. The van der Waals surface area contributed by atoms with Crippen LogP contribution in [-0.4, -0.2) is 31.0 Å². The fourth-order valence-corrected chi connectivity index (χ4v) is 2.03. The van der Waals surface area contributed by atoms with Gasteiger partial charge in [0.1, 0.15) is 5.75 Å². The monoisotopic (exact) mass is 229 g/mol. The number of rotatable bonds is 2. The number of nitrogens with zero attached hydrogens (tertiary/aromatic N) is 1. The third-order valence-electron chi connectivity index (χ3n) is 2.95. The molecule has 1 aromatic rings. The lowest BCUT2D eigenvalue weighted by atomic mass is 10.1. The number of methoxy groups -OCH3 is 1. The first-order chi connectivity index (χ1) is 8.24. The van der Waals surface area contributed by atoms with Crippen LogP contribution in [0.25, 0.3) is 0 Å². The molecule has 1 aliphatic rings. The molecule has 0 saturated carbocycles. The van der Waals surface area contributed by atoms with E-state index < -0.39 is 0 Å². The average molecular weight is 229 g/mol. The average Bonchev–Trinajstić information content (AvgIpc) is 2.91. The minimum atomic E-state index is 0.0397. The Hall–Kier alpha value is -1.95. The molecule has 0 aliphatic carbocycles. The second kappa shape index (κ2) is 4.92. The molecule has 2 rings (SSSR count). The zero-order chi connectivity index (χ0) is 12.3. The van der Waals surface area contributed by atoms with Gasteiger partial charge in [-0.15, -0.1) is 6.42 Å². The first kappa shape index (κ1) is 11.5. The van der Waals surface area contributed by atoms with Gasteiger partial charge in [-0.05, 0) is 31.0 Å². The molecule has 1 aliphatic heterocycles. The van der Waals surface area contributed by atoms with Crippen molar-refractivity contribution in [2.45, 2.75) is 12.8 Å². The van der Waals surface area contributed by atoms with Crippen molar-refractivity contribution in [1.29, 1.82) is 0 Å². The third kappa shape index (κ3) is 2.42. The molecule has 3 heteroatoms. The molecular formula is C14H15NO2. The molecule has 0 atom stereocenters. The summed E-state index contributed by atoms with van der Waals surface area (Å²) in [4.78, 5) is 14.0. The summed E-state index contributed by atoms with van der Waals surface area (Å²) in [7, 11) is 1.57. The first-order valence-corrected chi connectivity index (χ1v) is 5.69. The predicted molar refractivity (Wildman–Crippen MR) is 66.1 cm³/mol. The van der Waals surface area contributed by atoms with E-state index in [2.05, 4.69) is 5.92 Å². The van der Waals surface area contributed by atoms with E-state index in [4.69, 9.17) is 11.2 Å². The summed E-state index contributed by atoms with van der Waals surface area (Å²) in [5.41, 5.74) is 1.28. The van der Waals surface area contributed by atoms with Crippen molar-refractivity contribution in [2.24, 2.45) is 0 Å². The lowest BCUT2D eigenvalue weighted by molar-refractivity contribution is 0.0792. The lowest BCUT2D eigenvalue weighted by Gasteiger charge is -2.15. The highest BCUT2D eigenvalue weighted by atomic mass is 16.5. The Labute approximate surface area is 101 Å². The van der Waals surface area contributed by atoms with Crippen molar-refractivity contribution in [1.82, 2.24) is 4.90 Å². The summed E-state index contributed by atoms with van der Waals surface area (Å²) in [6.07, 6.45) is 7.53. The van der Waals surface area contributed by atoms with Crippen LogP contribution in [-0.2, 0) is 0 Å². The van der Waals surface area contributed by atoms with E-state index in [1.165, 1.54) is 0 Å². The first-order valence-electron chi connectivity index (χ1n) is 5.69. The van der Waals surface area contributed by atoms with Crippen molar-refractivity contribution in [3.05, 3.63) is 29.3 Å². The number of ether oxygens (including phenoxy) is 1. The maximum Gasteiger partial charge on any atom is 0.254 e. The van der Waals surface area contributed by atoms with Gasteiger partial charge in [0.05, 0.1) is 7.11 Å². The number of likely N-dealkylation sites (tertiary alicyclic amines) is 1. The number of terminal acetylenes is 1. The molecule has 0 unspecified atom stereocenters. The van der Waals surface area contributed by atoms with Gasteiger partial charge in [0, 0.05) is 24.2 Å². The van der Waals surface area contributed by atoms with Gasteiger partial charge in [-0.1, -0.05) is 5.92 Å². The van der Waals surface area contributed by atoms with E-state index in [0.29, 0.717) is 16.9 Å². The minimum absolute atomic E-state index is 0.0397. The van der Waals surface area contributed by atoms with E-state index in [1.54, 1.807) is 25.3 Å². The molecule has 1 fully saturated rings. The summed E-state index contributed by atoms with van der Waals surface area (Å²) in [5.74, 6) is 3.20. The normalized spacial score (nSPS) is 14.5. The van der Waals surface area contributed by atoms with Crippen LogP contribution in [0.3, 0.4) is 0 Å². The van der Waals surface area contributed by atoms with Crippen molar-refractivity contribution < 1.29 is 9.53 Å². The number of hydrogen-bond donors (Lipinski definition) is 0. The van der Waals surface area contributed by atoms with Gasteiger partial charge in [-0.3, -0.25) is 4.79 Å². The Bertz CT molecular complexity index is 468. The molecule has 0 bridgehead atoms. The highest BCUT2D eigenvalue weighted by molar-refractivity contribution is 5.95. The van der Waals surface area contributed by atoms with Gasteiger partial charge in [0.25, 0.3) is 5.91 Å². The van der Waals surface area contributed by atoms with Crippen LogP contribution in [0.5, 0.6) is 5.75 Å². The molecule has 88 valence electrons. The third-order valence-corrected chi connectivity index (χ3v) is 2.95. The van der Waals surface area contributed by atoms with Crippen LogP contribution in [0.2, 0.25) is 0 Å². The van der Waals surface area contributed by atoms with E-state index in [0.717, 1.165) is 25.9 Å². The van der Waals surface area contributed by atoms with E-state index >= 15 is 0 Å². The molecule has 17 heavy (non-hydrogen) atoms. The molecule has 0 aromatic heterocycles. The van der Waals surface area contributed by atoms with Crippen molar-refractivity contribution in [3.63, 3.8) is 0 Å². The molecule has 1 heterocycles. The molecule has 1 aromatic carbocycles. The molecule has 1 saturated heterocycles.